The predicted octanol–water partition coefficient (Wildman–Crippen LogP) is 3.33. The van der Waals surface area contributed by atoms with E-state index in [0.717, 1.165) is 15.2 Å². The third-order valence-electron chi connectivity index (χ3n) is 2.83. The number of nitrogen functional groups attached to an aromatic ring is 1. The molecule has 0 aliphatic rings. The highest BCUT2D eigenvalue weighted by atomic mass is 32.2. The molecule has 0 saturated carbocycles. The summed E-state index contributed by atoms with van der Waals surface area (Å²) >= 11 is 1.51. The number of aromatic nitrogens is 1. The van der Waals surface area contributed by atoms with Crippen molar-refractivity contribution in [1.29, 1.82) is 0 Å². The average molecular weight is 306 g/mol. The number of anilines is 1. The lowest BCUT2D eigenvalue weighted by Crippen LogP contribution is -1.98. The molecule has 3 nitrogen and oxygen atoms in total. The fraction of sp³-hybridized carbons (Fsp3) is 0.0714. The molecule has 0 aliphatic heterocycles. The van der Waals surface area contributed by atoms with Crippen molar-refractivity contribution in [3.8, 4) is 0 Å². The number of hydrogen-bond acceptors (Lipinski definition) is 4. The van der Waals surface area contributed by atoms with Crippen LogP contribution in [0.1, 0.15) is 5.01 Å². The number of benzene rings is 2. The van der Waals surface area contributed by atoms with E-state index in [0.29, 0.717) is 4.90 Å². The third kappa shape index (κ3) is 2.57. The normalized spacial score (nSPS) is 12.7. The average Bonchev–Trinajstić information content (AvgIpc) is 2.83. The minimum Gasteiger partial charge on any atom is -0.396 e. The van der Waals surface area contributed by atoms with E-state index in [9.17, 15) is 8.60 Å². The van der Waals surface area contributed by atoms with Crippen LogP contribution in [0.5, 0.6) is 0 Å². The number of para-hydroxylation sites is 1. The molecule has 1 unspecified atom stereocenters. The monoisotopic (exact) mass is 306 g/mol. The van der Waals surface area contributed by atoms with Gasteiger partial charge in [0.1, 0.15) is 10.8 Å². The Kier molecular flexibility index (Phi) is 3.50. The van der Waals surface area contributed by atoms with Gasteiger partial charge in [0.15, 0.2) is 0 Å². The SMILES string of the molecule is Nc1ccc(S(=O)Cc2nc3ccccc3s2)cc1F. The summed E-state index contributed by atoms with van der Waals surface area (Å²) in [5, 5.41) is 0.779. The highest BCUT2D eigenvalue weighted by Gasteiger charge is 2.11. The maximum absolute atomic E-state index is 13.4. The standard InChI is InChI=1S/C14H11FN2OS2/c15-10-7-9(5-6-11(10)16)20(18)8-14-17-12-3-1-2-4-13(12)19-14/h1-7H,8,16H2. The highest BCUT2D eigenvalue weighted by molar-refractivity contribution is 7.84. The van der Waals surface area contributed by atoms with E-state index in [2.05, 4.69) is 4.98 Å². The molecule has 0 bridgehead atoms. The summed E-state index contributed by atoms with van der Waals surface area (Å²) in [6, 6.07) is 12.0. The molecule has 0 fully saturated rings. The molecule has 0 saturated heterocycles. The van der Waals surface area contributed by atoms with Gasteiger partial charge in [0.2, 0.25) is 0 Å². The van der Waals surface area contributed by atoms with Gasteiger partial charge in [-0.3, -0.25) is 4.21 Å². The maximum atomic E-state index is 13.4. The first-order valence-corrected chi connectivity index (χ1v) is 8.05. The van der Waals surface area contributed by atoms with Crippen molar-refractivity contribution in [3.05, 3.63) is 53.3 Å². The molecule has 1 heterocycles. The van der Waals surface area contributed by atoms with Crippen LogP contribution in [0.25, 0.3) is 10.2 Å². The minimum absolute atomic E-state index is 0.0609. The molecule has 2 N–H and O–H groups in total. The summed E-state index contributed by atoms with van der Waals surface area (Å²) in [7, 11) is -1.33. The van der Waals surface area contributed by atoms with Crippen molar-refractivity contribution in [1.82, 2.24) is 4.98 Å². The smallest absolute Gasteiger partial charge is 0.147 e. The van der Waals surface area contributed by atoms with Crippen LogP contribution in [0, 0.1) is 5.82 Å². The van der Waals surface area contributed by atoms with E-state index in [4.69, 9.17) is 5.73 Å². The molecule has 3 aromatic rings. The van der Waals surface area contributed by atoms with Crippen molar-refractivity contribution >= 4 is 38.0 Å². The molecule has 1 aromatic heterocycles. The zero-order valence-electron chi connectivity index (χ0n) is 10.4. The van der Waals surface area contributed by atoms with Crippen molar-refractivity contribution in [2.24, 2.45) is 0 Å². The molecule has 2 aromatic carbocycles. The van der Waals surface area contributed by atoms with Crippen molar-refractivity contribution in [3.63, 3.8) is 0 Å². The van der Waals surface area contributed by atoms with Crippen LogP contribution < -0.4 is 5.73 Å². The van der Waals surface area contributed by atoms with E-state index in [1.165, 1.54) is 23.5 Å². The van der Waals surface area contributed by atoms with Gasteiger partial charge in [-0.2, -0.15) is 0 Å². The summed E-state index contributed by atoms with van der Waals surface area (Å²) in [6.45, 7) is 0. The number of hydrogen-bond donors (Lipinski definition) is 1. The second kappa shape index (κ2) is 5.30. The van der Waals surface area contributed by atoms with Gasteiger partial charge in [0.05, 0.1) is 32.5 Å². The molecule has 0 spiro atoms. The van der Waals surface area contributed by atoms with Gasteiger partial charge in [-0.1, -0.05) is 12.1 Å². The van der Waals surface area contributed by atoms with Gasteiger partial charge >= 0.3 is 0 Å². The lowest BCUT2D eigenvalue weighted by atomic mass is 10.3. The van der Waals surface area contributed by atoms with Crippen LogP contribution in [0.4, 0.5) is 10.1 Å². The van der Waals surface area contributed by atoms with Gasteiger partial charge in [0, 0.05) is 4.90 Å². The van der Waals surface area contributed by atoms with Gasteiger partial charge in [-0.15, -0.1) is 11.3 Å². The van der Waals surface area contributed by atoms with Crippen LogP contribution in [0.15, 0.2) is 47.4 Å². The topological polar surface area (TPSA) is 56.0 Å². The Bertz CT molecular complexity index is 768. The number of nitrogens with zero attached hydrogens (tertiary/aromatic N) is 1. The largest absolute Gasteiger partial charge is 0.396 e. The zero-order valence-corrected chi connectivity index (χ0v) is 12.0. The van der Waals surface area contributed by atoms with E-state index in [1.807, 2.05) is 24.3 Å². The first-order chi connectivity index (χ1) is 9.63. The van der Waals surface area contributed by atoms with Gasteiger partial charge in [0.25, 0.3) is 0 Å². The molecular formula is C14H11FN2OS2. The molecular weight excluding hydrogens is 295 g/mol. The third-order valence-corrected chi connectivity index (χ3v) is 5.36. The van der Waals surface area contributed by atoms with Crippen LogP contribution in [0.2, 0.25) is 0 Å². The molecule has 3 rings (SSSR count). The number of fused-ring (bicyclic) bond motifs is 1. The van der Waals surface area contributed by atoms with E-state index < -0.39 is 16.6 Å². The van der Waals surface area contributed by atoms with Crippen molar-refractivity contribution in [2.75, 3.05) is 5.73 Å². The Labute approximate surface area is 121 Å². The molecule has 6 heteroatoms. The zero-order chi connectivity index (χ0) is 14.1. The van der Waals surface area contributed by atoms with Crippen LogP contribution in [0.3, 0.4) is 0 Å². The second-order valence-electron chi connectivity index (χ2n) is 4.25. The first-order valence-electron chi connectivity index (χ1n) is 5.91. The summed E-state index contributed by atoms with van der Waals surface area (Å²) in [5.74, 6) is -0.261. The van der Waals surface area contributed by atoms with E-state index in [1.54, 1.807) is 6.07 Å². The number of thiazole rings is 1. The van der Waals surface area contributed by atoms with Gasteiger partial charge < -0.3 is 5.73 Å². The number of rotatable bonds is 3. The Morgan fingerprint density at radius 3 is 2.80 bits per heavy atom. The molecule has 102 valence electrons. The van der Waals surface area contributed by atoms with Crippen LogP contribution in [-0.4, -0.2) is 9.19 Å². The summed E-state index contributed by atoms with van der Waals surface area (Å²) in [4.78, 5) is 4.85. The van der Waals surface area contributed by atoms with Crippen LogP contribution in [-0.2, 0) is 16.6 Å². The van der Waals surface area contributed by atoms with Crippen LogP contribution >= 0.6 is 11.3 Å². The lowest BCUT2D eigenvalue weighted by molar-refractivity contribution is 0.627. The summed E-state index contributed by atoms with van der Waals surface area (Å²) in [6.07, 6.45) is 0. The first kappa shape index (κ1) is 13.2. The molecule has 0 aliphatic carbocycles. The Hall–Kier alpha value is -1.79. The second-order valence-corrected chi connectivity index (χ2v) is 6.81. The molecule has 1 atom stereocenters. The molecule has 0 amide bonds. The Balaban J connectivity index is 1.86. The van der Waals surface area contributed by atoms with Crippen molar-refractivity contribution in [2.45, 2.75) is 10.6 Å². The lowest BCUT2D eigenvalue weighted by Gasteiger charge is -2.02. The molecule has 0 radical (unpaired) electrons. The minimum atomic E-state index is -1.33. The maximum Gasteiger partial charge on any atom is 0.147 e. The van der Waals surface area contributed by atoms with E-state index in [-0.39, 0.29) is 11.4 Å². The van der Waals surface area contributed by atoms with Gasteiger partial charge in [-0.05, 0) is 30.3 Å². The Morgan fingerprint density at radius 1 is 1.25 bits per heavy atom. The molecule has 20 heavy (non-hydrogen) atoms. The number of nitrogens with two attached hydrogens (primary N) is 1. The number of halogens is 1. The fourth-order valence-corrected chi connectivity index (χ4v) is 4.06. The summed E-state index contributed by atoms with van der Waals surface area (Å²) in [5.41, 5.74) is 6.37. The van der Waals surface area contributed by atoms with Gasteiger partial charge in [-0.25, -0.2) is 9.37 Å². The van der Waals surface area contributed by atoms with E-state index >= 15 is 0 Å². The quantitative estimate of drug-likeness (QED) is 0.755. The Morgan fingerprint density at radius 2 is 2.05 bits per heavy atom. The predicted molar refractivity (Wildman–Crippen MR) is 80.5 cm³/mol. The fourth-order valence-electron chi connectivity index (χ4n) is 1.83. The van der Waals surface area contributed by atoms with Crippen molar-refractivity contribution < 1.29 is 8.60 Å². The highest BCUT2D eigenvalue weighted by Crippen LogP contribution is 2.24. The summed E-state index contributed by atoms with van der Waals surface area (Å²) < 4.78 is 26.7.